The number of carbonyl (C=O) groups is 2. The van der Waals surface area contributed by atoms with Crippen LogP contribution in [0, 0.1) is 13.8 Å². The van der Waals surface area contributed by atoms with Crippen LogP contribution in [0.3, 0.4) is 0 Å². The number of rotatable bonds is 10. The number of hydrogen-bond donors (Lipinski definition) is 1. The lowest BCUT2D eigenvalue weighted by molar-refractivity contribution is -0.139. The molecule has 2 aromatic rings. The number of nitrogens with one attached hydrogen (secondary N) is 1. The topological polar surface area (TPSA) is 86.8 Å². The van der Waals surface area contributed by atoms with Gasteiger partial charge in [0.2, 0.25) is 21.8 Å². The van der Waals surface area contributed by atoms with Gasteiger partial charge in [-0.1, -0.05) is 53.9 Å². The molecule has 34 heavy (non-hydrogen) atoms. The summed E-state index contributed by atoms with van der Waals surface area (Å²) in [5.41, 5.74) is 2.70. The number of hydrogen-bond acceptors (Lipinski definition) is 4. The molecule has 2 rings (SSSR count). The molecule has 10 heteroatoms. The number of aryl methyl sites for hydroxylation is 2. The van der Waals surface area contributed by atoms with E-state index in [0.717, 1.165) is 28.1 Å². The minimum absolute atomic E-state index is 0.0139. The van der Waals surface area contributed by atoms with Crippen LogP contribution in [0.2, 0.25) is 10.0 Å². The second-order valence-electron chi connectivity index (χ2n) is 8.28. The number of amides is 2. The molecule has 0 spiro atoms. The number of anilines is 1. The summed E-state index contributed by atoms with van der Waals surface area (Å²) in [4.78, 5) is 27.6. The Morgan fingerprint density at radius 2 is 1.76 bits per heavy atom. The minimum Gasteiger partial charge on any atom is -0.354 e. The van der Waals surface area contributed by atoms with E-state index < -0.39 is 28.5 Å². The molecule has 0 fully saturated rings. The summed E-state index contributed by atoms with van der Waals surface area (Å²) in [5, 5.41) is 3.58. The fourth-order valence-corrected chi connectivity index (χ4v) is 4.87. The molecule has 1 N–H and O–H groups in total. The highest BCUT2D eigenvalue weighted by molar-refractivity contribution is 7.92. The van der Waals surface area contributed by atoms with Crippen molar-refractivity contribution in [3.63, 3.8) is 0 Å². The summed E-state index contributed by atoms with van der Waals surface area (Å²) in [6.07, 6.45) is 1.79. The van der Waals surface area contributed by atoms with Gasteiger partial charge in [-0.3, -0.25) is 13.9 Å². The third-order valence-corrected chi connectivity index (χ3v) is 7.09. The van der Waals surface area contributed by atoms with E-state index in [1.807, 2.05) is 19.9 Å². The summed E-state index contributed by atoms with van der Waals surface area (Å²) in [5.74, 6) is -0.867. The molecule has 0 aliphatic rings. The molecule has 1 atom stereocenters. The Kier molecular flexibility index (Phi) is 9.79. The quantitative estimate of drug-likeness (QED) is 0.498. The number of halogens is 2. The fraction of sp³-hybridized carbons (Fsp3) is 0.417. The van der Waals surface area contributed by atoms with Crippen molar-refractivity contribution in [2.24, 2.45) is 0 Å². The van der Waals surface area contributed by atoms with Gasteiger partial charge in [0.05, 0.1) is 11.9 Å². The molecule has 0 saturated carbocycles. The van der Waals surface area contributed by atoms with Crippen molar-refractivity contribution in [3.8, 4) is 0 Å². The van der Waals surface area contributed by atoms with Crippen LogP contribution in [-0.2, 0) is 26.2 Å². The zero-order chi connectivity index (χ0) is 25.6. The summed E-state index contributed by atoms with van der Waals surface area (Å²) < 4.78 is 26.4. The number of sulfonamides is 1. The van der Waals surface area contributed by atoms with Crippen molar-refractivity contribution in [1.82, 2.24) is 10.2 Å². The first-order valence-corrected chi connectivity index (χ1v) is 13.5. The first-order chi connectivity index (χ1) is 15.8. The Morgan fingerprint density at radius 3 is 2.32 bits per heavy atom. The summed E-state index contributed by atoms with van der Waals surface area (Å²) in [6.45, 7) is 7.24. The summed E-state index contributed by atoms with van der Waals surface area (Å²) >= 11 is 12.3. The van der Waals surface area contributed by atoms with Crippen molar-refractivity contribution < 1.29 is 18.0 Å². The lowest BCUT2D eigenvalue weighted by Crippen LogP contribution is -2.51. The summed E-state index contributed by atoms with van der Waals surface area (Å²) in [6, 6.07) is 9.34. The molecular weight excluding hydrogens is 497 g/mol. The average Bonchev–Trinajstić information content (AvgIpc) is 2.74. The Morgan fingerprint density at radius 1 is 1.09 bits per heavy atom. The Balaban J connectivity index is 2.44. The van der Waals surface area contributed by atoms with Crippen LogP contribution in [0.4, 0.5) is 5.69 Å². The SMILES string of the molecule is CCCNC(=O)C(C)N(Cc1ccc(Cl)cc1Cl)C(=O)CN(c1ccc(C)cc1C)S(C)(=O)=O. The van der Waals surface area contributed by atoms with E-state index in [9.17, 15) is 18.0 Å². The lowest BCUT2D eigenvalue weighted by Gasteiger charge is -2.32. The van der Waals surface area contributed by atoms with E-state index in [4.69, 9.17) is 23.2 Å². The molecule has 2 aromatic carbocycles. The maximum atomic E-state index is 13.5. The molecule has 2 amide bonds. The number of nitrogens with zero attached hydrogens (tertiary/aromatic N) is 2. The van der Waals surface area contributed by atoms with E-state index in [-0.39, 0.29) is 12.5 Å². The average molecular weight is 529 g/mol. The van der Waals surface area contributed by atoms with Crippen LogP contribution in [0.5, 0.6) is 0 Å². The van der Waals surface area contributed by atoms with Gasteiger partial charge in [0.1, 0.15) is 12.6 Å². The van der Waals surface area contributed by atoms with Crippen LogP contribution in [-0.4, -0.2) is 50.5 Å². The van der Waals surface area contributed by atoms with Gasteiger partial charge in [0.15, 0.2) is 0 Å². The molecule has 0 heterocycles. The largest absolute Gasteiger partial charge is 0.354 e. The van der Waals surface area contributed by atoms with Crippen LogP contribution in [0.15, 0.2) is 36.4 Å². The van der Waals surface area contributed by atoms with Crippen molar-refractivity contribution in [2.45, 2.75) is 46.7 Å². The normalized spacial score (nSPS) is 12.2. The molecule has 0 radical (unpaired) electrons. The molecule has 0 saturated heterocycles. The highest BCUT2D eigenvalue weighted by Gasteiger charge is 2.30. The number of benzene rings is 2. The predicted molar refractivity (Wildman–Crippen MR) is 138 cm³/mol. The molecule has 186 valence electrons. The van der Waals surface area contributed by atoms with Gasteiger partial charge in [-0.15, -0.1) is 0 Å². The van der Waals surface area contributed by atoms with Crippen molar-refractivity contribution in [2.75, 3.05) is 23.7 Å². The van der Waals surface area contributed by atoms with Gasteiger partial charge in [0.25, 0.3) is 0 Å². The second kappa shape index (κ2) is 11.9. The molecule has 0 bridgehead atoms. The molecule has 0 aliphatic carbocycles. The van der Waals surface area contributed by atoms with Crippen molar-refractivity contribution in [3.05, 3.63) is 63.1 Å². The van der Waals surface area contributed by atoms with E-state index in [2.05, 4.69) is 5.32 Å². The van der Waals surface area contributed by atoms with Gasteiger partial charge in [-0.25, -0.2) is 8.42 Å². The zero-order valence-corrected chi connectivity index (χ0v) is 22.4. The van der Waals surface area contributed by atoms with Crippen LogP contribution < -0.4 is 9.62 Å². The maximum Gasteiger partial charge on any atom is 0.244 e. The van der Waals surface area contributed by atoms with Crippen LogP contribution in [0.25, 0.3) is 0 Å². The van der Waals surface area contributed by atoms with E-state index in [0.29, 0.717) is 27.8 Å². The van der Waals surface area contributed by atoms with Crippen LogP contribution in [0.1, 0.15) is 37.0 Å². The first-order valence-electron chi connectivity index (χ1n) is 10.9. The van der Waals surface area contributed by atoms with Crippen molar-refractivity contribution >= 4 is 50.7 Å². The highest BCUT2D eigenvalue weighted by atomic mass is 35.5. The van der Waals surface area contributed by atoms with E-state index >= 15 is 0 Å². The Labute approximate surface area is 212 Å². The second-order valence-corrected chi connectivity index (χ2v) is 11.0. The standard InChI is InChI=1S/C24H31Cl2N3O4S/c1-6-11-27-24(31)18(4)28(14-19-8-9-20(25)13-21(19)26)23(30)15-29(34(5,32)33)22-10-7-16(2)12-17(22)3/h7-10,12-13,18H,6,11,14-15H2,1-5H3,(H,27,31). The highest BCUT2D eigenvalue weighted by Crippen LogP contribution is 2.26. The molecular formula is C24H31Cl2N3O4S. The van der Waals surface area contributed by atoms with Gasteiger partial charge < -0.3 is 10.2 Å². The molecule has 7 nitrogen and oxygen atoms in total. The molecule has 0 aromatic heterocycles. The van der Waals surface area contributed by atoms with Gasteiger partial charge >= 0.3 is 0 Å². The van der Waals surface area contributed by atoms with Gasteiger partial charge in [0, 0.05) is 23.1 Å². The number of carbonyl (C=O) groups excluding carboxylic acids is 2. The van der Waals surface area contributed by atoms with Crippen LogP contribution >= 0.6 is 23.2 Å². The van der Waals surface area contributed by atoms with Gasteiger partial charge in [-0.2, -0.15) is 0 Å². The lowest BCUT2D eigenvalue weighted by atomic mass is 10.1. The monoisotopic (exact) mass is 527 g/mol. The first kappa shape index (κ1) is 28.0. The minimum atomic E-state index is -3.79. The smallest absolute Gasteiger partial charge is 0.244 e. The van der Waals surface area contributed by atoms with E-state index in [1.165, 1.54) is 4.90 Å². The van der Waals surface area contributed by atoms with Gasteiger partial charge in [-0.05, 0) is 56.5 Å². The fourth-order valence-electron chi connectivity index (χ4n) is 3.49. The summed E-state index contributed by atoms with van der Waals surface area (Å²) in [7, 11) is -3.79. The third kappa shape index (κ3) is 7.35. The Hall–Kier alpha value is -2.29. The maximum absolute atomic E-state index is 13.5. The molecule has 0 aliphatic heterocycles. The molecule has 1 unspecified atom stereocenters. The zero-order valence-electron chi connectivity index (χ0n) is 20.1. The predicted octanol–water partition coefficient (Wildman–Crippen LogP) is 4.32. The van der Waals surface area contributed by atoms with Crippen molar-refractivity contribution in [1.29, 1.82) is 0 Å². The van der Waals surface area contributed by atoms with E-state index in [1.54, 1.807) is 44.2 Å². The Bertz CT molecular complexity index is 1150. The third-order valence-electron chi connectivity index (χ3n) is 5.37.